The lowest BCUT2D eigenvalue weighted by atomic mass is 9.92. The van der Waals surface area contributed by atoms with Gasteiger partial charge in [-0.05, 0) is 100 Å². The number of ether oxygens (including phenoxy) is 2. The van der Waals surface area contributed by atoms with E-state index in [2.05, 4.69) is 79.4 Å². The molecule has 0 bridgehead atoms. The van der Waals surface area contributed by atoms with Crippen LogP contribution in [0.3, 0.4) is 0 Å². The van der Waals surface area contributed by atoms with Gasteiger partial charge < -0.3 is 37.3 Å². The number of nitrogens with two attached hydrogens (primary N) is 4. The van der Waals surface area contributed by atoms with Crippen molar-refractivity contribution < 1.29 is 14.3 Å². The van der Waals surface area contributed by atoms with Gasteiger partial charge in [-0.15, -0.1) is 0 Å². The first kappa shape index (κ1) is 36.4. The van der Waals surface area contributed by atoms with E-state index in [1.165, 1.54) is 16.8 Å². The minimum absolute atomic E-state index is 0.0196. The van der Waals surface area contributed by atoms with Crippen molar-refractivity contribution in [2.75, 3.05) is 50.9 Å². The standard InChI is InChI=1S/C35H57N5O3/c1-3-40(4-2)33-19-15-29(16-20-33)12-11-28-13-17-30(18-14-28)31(21-25-42-27-32(38)9-5-7-23-36)22-26-43-35(41)34(39)10-6-8-24-37/h11-20,31-32,34H,3-10,21-27,36-39H2,1-2H3/b12-11+. The van der Waals surface area contributed by atoms with Gasteiger partial charge in [0.2, 0.25) is 0 Å². The molecular formula is C35H57N5O3. The van der Waals surface area contributed by atoms with E-state index < -0.39 is 6.04 Å². The summed E-state index contributed by atoms with van der Waals surface area (Å²) in [6, 6.07) is 16.7. The first-order valence-corrected chi connectivity index (χ1v) is 16.2. The molecule has 0 radical (unpaired) electrons. The fourth-order valence-electron chi connectivity index (χ4n) is 5.06. The molecule has 2 rings (SSSR count). The molecule has 2 aromatic rings. The van der Waals surface area contributed by atoms with Crippen LogP contribution in [-0.2, 0) is 14.3 Å². The SMILES string of the molecule is CCN(CC)c1ccc(/C=C/c2ccc(C(CCOCC(N)CCCCN)CCOC(=O)C(N)CCCCN)cc2)cc1. The molecular weight excluding hydrogens is 538 g/mol. The highest BCUT2D eigenvalue weighted by Gasteiger charge is 2.17. The number of unbranched alkanes of at least 4 members (excludes halogenated alkanes) is 2. The van der Waals surface area contributed by atoms with Crippen molar-refractivity contribution >= 4 is 23.8 Å². The van der Waals surface area contributed by atoms with Gasteiger partial charge in [-0.3, -0.25) is 4.79 Å². The number of hydrogen-bond donors (Lipinski definition) is 4. The van der Waals surface area contributed by atoms with Gasteiger partial charge in [0.15, 0.2) is 0 Å². The maximum absolute atomic E-state index is 12.4. The van der Waals surface area contributed by atoms with E-state index in [1.54, 1.807) is 0 Å². The molecule has 0 aliphatic rings. The van der Waals surface area contributed by atoms with Crippen LogP contribution in [0.4, 0.5) is 5.69 Å². The first-order chi connectivity index (χ1) is 20.9. The van der Waals surface area contributed by atoms with Crippen molar-refractivity contribution in [1.29, 1.82) is 0 Å². The summed E-state index contributed by atoms with van der Waals surface area (Å²) in [4.78, 5) is 14.7. The van der Waals surface area contributed by atoms with Crippen LogP contribution in [0.1, 0.15) is 87.8 Å². The van der Waals surface area contributed by atoms with Crippen LogP contribution in [0, 0.1) is 0 Å². The Morgan fingerprint density at radius 3 is 1.91 bits per heavy atom. The molecule has 240 valence electrons. The van der Waals surface area contributed by atoms with E-state index in [0.717, 1.165) is 57.2 Å². The van der Waals surface area contributed by atoms with Crippen molar-refractivity contribution in [2.24, 2.45) is 22.9 Å². The van der Waals surface area contributed by atoms with Crippen LogP contribution in [0.25, 0.3) is 12.2 Å². The van der Waals surface area contributed by atoms with Crippen molar-refractivity contribution in [1.82, 2.24) is 0 Å². The number of benzene rings is 2. The molecule has 8 heteroatoms. The Morgan fingerprint density at radius 2 is 1.33 bits per heavy atom. The third-order valence-electron chi connectivity index (χ3n) is 7.85. The maximum atomic E-state index is 12.4. The van der Waals surface area contributed by atoms with Crippen molar-refractivity contribution in [3.05, 3.63) is 65.2 Å². The Bertz CT molecular complexity index is 1020. The summed E-state index contributed by atoms with van der Waals surface area (Å²) in [6.45, 7) is 9.08. The number of hydrogen-bond acceptors (Lipinski definition) is 8. The Balaban J connectivity index is 1.97. The summed E-state index contributed by atoms with van der Waals surface area (Å²) in [6.07, 6.45) is 11.0. The lowest BCUT2D eigenvalue weighted by Gasteiger charge is -2.20. The highest BCUT2D eigenvalue weighted by molar-refractivity contribution is 5.75. The third-order valence-corrected chi connectivity index (χ3v) is 7.85. The molecule has 0 aliphatic carbocycles. The normalized spacial score (nSPS) is 13.6. The zero-order valence-electron chi connectivity index (χ0n) is 26.6. The van der Waals surface area contributed by atoms with Crippen LogP contribution in [-0.4, -0.2) is 64.1 Å². The minimum atomic E-state index is -0.603. The summed E-state index contributed by atoms with van der Waals surface area (Å²) in [5.74, 6) is -0.165. The van der Waals surface area contributed by atoms with Crippen LogP contribution in [0.15, 0.2) is 48.5 Å². The molecule has 0 aliphatic heterocycles. The number of anilines is 1. The second-order valence-corrected chi connectivity index (χ2v) is 11.2. The summed E-state index contributed by atoms with van der Waals surface area (Å²) >= 11 is 0. The fraction of sp³-hybridized carbons (Fsp3) is 0.571. The molecule has 0 saturated carbocycles. The predicted octanol–water partition coefficient (Wildman–Crippen LogP) is 5.04. The molecule has 0 spiro atoms. The largest absolute Gasteiger partial charge is 0.465 e. The Hall–Kier alpha value is -2.75. The monoisotopic (exact) mass is 595 g/mol. The number of carbonyl (C=O) groups excluding carboxylic acids is 1. The summed E-state index contributed by atoms with van der Waals surface area (Å²) in [5, 5.41) is 0. The molecule has 8 nitrogen and oxygen atoms in total. The topological polar surface area (TPSA) is 143 Å². The second-order valence-electron chi connectivity index (χ2n) is 11.2. The van der Waals surface area contributed by atoms with Gasteiger partial charge in [0, 0.05) is 31.4 Å². The van der Waals surface area contributed by atoms with Crippen molar-refractivity contribution in [3.63, 3.8) is 0 Å². The molecule has 3 atom stereocenters. The molecule has 0 aromatic heterocycles. The van der Waals surface area contributed by atoms with Crippen LogP contribution >= 0.6 is 0 Å². The molecule has 0 amide bonds. The molecule has 43 heavy (non-hydrogen) atoms. The molecule has 0 saturated heterocycles. The molecule has 2 aromatic carbocycles. The van der Waals surface area contributed by atoms with Gasteiger partial charge in [-0.2, -0.15) is 0 Å². The highest BCUT2D eigenvalue weighted by atomic mass is 16.5. The van der Waals surface area contributed by atoms with Gasteiger partial charge in [0.1, 0.15) is 6.04 Å². The van der Waals surface area contributed by atoms with Crippen LogP contribution in [0.2, 0.25) is 0 Å². The summed E-state index contributed by atoms with van der Waals surface area (Å²) in [5.41, 5.74) is 28.1. The summed E-state index contributed by atoms with van der Waals surface area (Å²) in [7, 11) is 0. The zero-order chi connectivity index (χ0) is 31.3. The van der Waals surface area contributed by atoms with Gasteiger partial charge >= 0.3 is 5.97 Å². The number of carbonyl (C=O) groups is 1. The van der Waals surface area contributed by atoms with Crippen LogP contribution in [0.5, 0.6) is 0 Å². The van der Waals surface area contributed by atoms with E-state index >= 15 is 0 Å². The van der Waals surface area contributed by atoms with Gasteiger partial charge in [-0.25, -0.2) is 0 Å². The van der Waals surface area contributed by atoms with Crippen molar-refractivity contribution in [2.45, 2.75) is 83.2 Å². The molecule has 3 unspecified atom stereocenters. The average Bonchev–Trinajstić information content (AvgIpc) is 3.02. The molecule has 0 fully saturated rings. The van der Waals surface area contributed by atoms with E-state index in [0.29, 0.717) is 45.8 Å². The smallest absolute Gasteiger partial charge is 0.322 e. The zero-order valence-corrected chi connectivity index (χ0v) is 26.6. The maximum Gasteiger partial charge on any atom is 0.322 e. The quantitative estimate of drug-likeness (QED) is 0.0795. The van der Waals surface area contributed by atoms with Gasteiger partial charge in [-0.1, -0.05) is 61.4 Å². The first-order valence-electron chi connectivity index (χ1n) is 16.2. The van der Waals surface area contributed by atoms with Gasteiger partial charge in [0.25, 0.3) is 0 Å². The number of esters is 1. The second kappa shape index (κ2) is 21.9. The summed E-state index contributed by atoms with van der Waals surface area (Å²) < 4.78 is 11.5. The van der Waals surface area contributed by atoms with Crippen molar-refractivity contribution in [3.8, 4) is 0 Å². The fourth-order valence-corrected chi connectivity index (χ4v) is 5.06. The van der Waals surface area contributed by atoms with E-state index in [4.69, 9.17) is 32.4 Å². The van der Waals surface area contributed by atoms with Gasteiger partial charge in [0.05, 0.1) is 13.2 Å². The number of nitrogens with zero attached hydrogens (tertiary/aromatic N) is 1. The molecule has 0 heterocycles. The Labute approximate surface area is 260 Å². The Morgan fingerprint density at radius 1 is 0.767 bits per heavy atom. The van der Waals surface area contributed by atoms with E-state index in [1.807, 2.05) is 0 Å². The minimum Gasteiger partial charge on any atom is -0.465 e. The van der Waals surface area contributed by atoms with E-state index in [9.17, 15) is 4.79 Å². The lowest BCUT2D eigenvalue weighted by Crippen LogP contribution is -2.32. The third kappa shape index (κ3) is 14.5. The molecule has 8 N–H and O–H groups in total. The number of rotatable bonds is 23. The average molecular weight is 596 g/mol. The van der Waals surface area contributed by atoms with Crippen LogP contribution < -0.4 is 27.8 Å². The van der Waals surface area contributed by atoms with E-state index in [-0.39, 0.29) is 17.9 Å². The Kier molecular flexibility index (Phi) is 18.5. The predicted molar refractivity (Wildman–Crippen MR) is 181 cm³/mol. The highest BCUT2D eigenvalue weighted by Crippen LogP contribution is 2.25. The lowest BCUT2D eigenvalue weighted by molar-refractivity contribution is -0.145.